The van der Waals surface area contributed by atoms with E-state index in [1.165, 1.54) is 10.6 Å². The second-order valence-corrected chi connectivity index (χ2v) is 6.38. The van der Waals surface area contributed by atoms with Crippen molar-refractivity contribution in [2.24, 2.45) is 0 Å². The fourth-order valence-electron chi connectivity index (χ4n) is 2.87. The van der Waals surface area contributed by atoms with Gasteiger partial charge in [0.05, 0.1) is 11.6 Å². The second-order valence-electron chi connectivity index (χ2n) is 6.38. The number of rotatable bonds is 5. The Morgan fingerprint density at radius 2 is 2.00 bits per heavy atom. The summed E-state index contributed by atoms with van der Waals surface area (Å²) in [5.41, 5.74) is 0.535. The van der Waals surface area contributed by atoms with Crippen molar-refractivity contribution in [1.29, 1.82) is 5.26 Å². The van der Waals surface area contributed by atoms with Crippen LogP contribution in [0.1, 0.15) is 59.4 Å². The van der Waals surface area contributed by atoms with Gasteiger partial charge < -0.3 is 0 Å². The van der Waals surface area contributed by atoms with Gasteiger partial charge in [-0.2, -0.15) is 5.26 Å². The Hall–Kier alpha value is -3.20. The first-order valence-corrected chi connectivity index (χ1v) is 8.34. The molecule has 6 nitrogen and oxygen atoms in total. The lowest BCUT2D eigenvalue weighted by Gasteiger charge is -2.16. The molecule has 1 N–H and O–H groups in total. The number of aryl methyl sites for hydroxylation is 1. The van der Waals surface area contributed by atoms with E-state index in [-0.39, 0.29) is 29.3 Å². The maximum absolute atomic E-state index is 13.2. The summed E-state index contributed by atoms with van der Waals surface area (Å²) in [5.74, 6) is -0.697. The maximum Gasteiger partial charge on any atom is 0.329 e. The first-order chi connectivity index (χ1) is 12.3. The molecule has 2 aromatic rings. The van der Waals surface area contributed by atoms with Crippen LogP contribution in [0.5, 0.6) is 0 Å². The highest BCUT2D eigenvalue weighted by molar-refractivity contribution is 6.09. The van der Waals surface area contributed by atoms with Crippen LogP contribution in [-0.4, -0.2) is 15.3 Å². The van der Waals surface area contributed by atoms with Gasteiger partial charge in [0.2, 0.25) is 5.78 Å². The molecule has 134 valence electrons. The first-order valence-electron chi connectivity index (χ1n) is 8.34. The minimum Gasteiger partial charge on any atom is -0.287 e. The van der Waals surface area contributed by atoms with Crippen LogP contribution in [0.2, 0.25) is 0 Å². The monoisotopic (exact) mass is 351 g/mol. The Bertz CT molecular complexity index is 1030. The van der Waals surface area contributed by atoms with Gasteiger partial charge >= 0.3 is 5.69 Å². The van der Waals surface area contributed by atoms with Crippen LogP contribution in [0, 0.1) is 18.3 Å². The molecule has 0 aliphatic carbocycles. The van der Waals surface area contributed by atoms with Gasteiger partial charge in [0.1, 0.15) is 5.69 Å². The Morgan fingerprint density at radius 3 is 2.58 bits per heavy atom. The van der Waals surface area contributed by atoms with Crippen LogP contribution in [0.4, 0.5) is 0 Å². The number of benzene rings is 1. The molecule has 0 fully saturated rings. The summed E-state index contributed by atoms with van der Waals surface area (Å²) in [4.78, 5) is 40.2. The van der Waals surface area contributed by atoms with Crippen LogP contribution in [0.3, 0.4) is 0 Å². The molecule has 0 aliphatic rings. The summed E-state index contributed by atoms with van der Waals surface area (Å²) in [7, 11) is 0. The lowest BCUT2D eigenvalue weighted by atomic mass is 9.95. The van der Waals surface area contributed by atoms with E-state index in [0.717, 1.165) is 5.56 Å². The van der Waals surface area contributed by atoms with Gasteiger partial charge in [-0.15, -0.1) is 0 Å². The molecule has 26 heavy (non-hydrogen) atoms. The number of H-pyrrole nitrogens is 1. The summed E-state index contributed by atoms with van der Waals surface area (Å²) in [6, 6.07) is 6.82. The summed E-state index contributed by atoms with van der Waals surface area (Å²) >= 11 is 0. The quantitative estimate of drug-likeness (QED) is 0.661. The smallest absolute Gasteiger partial charge is 0.287 e. The number of ketones is 1. The highest BCUT2D eigenvalue weighted by Crippen LogP contribution is 2.20. The molecule has 0 aliphatic heterocycles. The largest absolute Gasteiger partial charge is 0.329 e. The fourth-order valence-corrected chi connectivity index (χ4v) is 2.87. The van der Waals surface area contributed by atoms with E-state index in [2.05, 4.69) is 4.98 Å². The van der Waals surface area contributed by atoms with Crippen molar-refractivity contribution in [2.75, 3.05) is 0 Å². The van der Waals surface area contributed by atoms with E-state index in [1.807, 2.05) is 6.07 Å². The van der Waals surface area contributed by atoms with E-state index in [9.17, 15) is 14.4 Å². The van der Waals surface area contributed by atoms with Crippen molar-refractivity contribution in [3.63, 3.8) is 0 Å². The topological polar surface area (TPSA) is 95.7 Å². The van der Waals surface area contributed by atoms with Crippen LogP contribution in [-0.2, 0) is 6.54 Å². The SMILES string of the molecule is C/C=C/Cn1c(C(=O)c2cc(C)cc(C#N)c2)c(C(C)C)c(=O)[nH]c1=O. The third-order valence-electron chi connectivity index (χ3n) is 4.02. The highest BCUT2D eigenvalue weighted by atomic mass is 16.2. The molecule has 1 aromatic carbocycles. The molecule has 1 heterocycles. The first kappa shape index (κ1) is 19.1. The van der Waals surface area contributed by atoms with Gasteiger partial charge in [0.15, 0.2) is 0 Å². The molecule has 0 saturated carbocycles. The molecule has 1 aromatic heterocycles. The summed E-state index contributed by atoms with van der Waals surface area (Å²) in [5, 5.41) is 9.16. The minimum absolute atomic E-state index is 0.0707. The predicted molar refractivity (Wildman–Crippen MR) is 99.6 cm³/mol. The van der Waals surface area contributed by atoms with Crippen LogP contribution in [0.15, 0.2) is 39.9 Å². The number of carbonyl (C=O) groups excluding carboxylic acids is 1. The average molecular weight is 351 g/mol. The molecule has 0 atom stereocenters. The number of aromatic nitrogens is 2. The number of nitrogens with zero attached hydrogens (tertiary/aromatic N) is 2. The van der Waals surface area contributed by atoms with Crippen molar-refractivity contribution in [2.45, 2.75) is 40.2 Å². The van der Waals surface area contributed by atoms with Crippen molar-refractivity contribution in [3.05, 3.63) is 79.1 Å². The van der Waals surface area contributed by atoms with Crippen molar-refractivity contribution in [1.82, 2.24) is 9.55 Å². The predicted octanol–water partition coefficient (Wildman–Crippen LogP) is 2.65. The third-order valence-corrected chi connectivity index (χ3v) is 4.02. The molecule has 0 unspecified atom stereocenters. The molecule has 0 radical (unpaired) electrons. The Morgan fingerprint density at radius 1 is 1.31 bits per heavy atom. The number of hydrogen-bond acceptors (Lipinski definition) is 4. The molecule has 6 heteroatoms. The Kier molecular flexibility index (Phi) is 5.73. The number of allylic oxidation sites excluding steroid dienone is 2. The Balaban J connectivity index is 2.83. The van der Waals surface area contributed by atoms with Crippen LogP contribution < -0.4 is 11.2 Å². The van der Waals surface area contributed by atoms with E-state index in [1.54, 1.807) is 52.0 Å². The van der Waals surface area contributed by atoms with Gasteiger partial charge in [-0.1, -0.05) is 26.0 Å². The Labute approximate surface area is 151 Å². The molecule has 0 amide bonds. The van der Waals surface area contributed by atoms with E-state index in [4.69, 9.17) is 5.26 Å². The maximum atomic E-state index is 13.2. The van der Waals surface area contributed by atoms with Gasteiger partial charge in [0, 0.05) is 17.7 Å². The van der Waals surface area contributed by atoms with Crippen molar-refractivity contribution in [3.8, 4) is 6.07 Å². The van der Waals surface area contributed by atoms with Gasteiger partial charge in [-0.3, -0.25) is 19.1 Å². The minimum atomic E-state index is -0.631. The lowest BCUT2D eigenvalue weighted by Crippen LogP contribution is -2.37. The summed E-state index contributed by atoms with van der Waals surface area (Å²) in [6.07, 6.45) is 3.50. The van der Waals surface area contributed by atoms with E-state index < -0.39 is 17.0 Å². The summed E-state index contributed by atoms with van der Waals surface area (Å²) in [6.45, 7) is 7.35. The van der Waals surface area contributed by atoms with E-state index in [0.29, 0.717) is 5.56 Å². The van der Waals surface area contributed by atoms with Gasteiger partial charge in [-0.25, -0.2) is 4.79 Å². The molecule has 0 spiro atoms. The number of nitriles is 1. The van der Waals surface area contributed by atoms with Crippen molar-refractivity contribution < 1.29 is 4.79 Å². The molecule has 0 saturated heterocycles. The molecule has 0 bridgehead atoms. The third kappa shape index (κ3) is 3.72. The second kappa shape index (κ2) is 7.79. The zero-order valence-electron chi connectivity index (χ0n) is 15.3. The van der Waals surface area contributed by atoms with Gasteiger partial charge in [-0.05, 0) is 43.5 Å². The lowest BCUT2D eigenvalue weighted by molar-refractivity contribution is 0.102. The molecular weight excluding hydrogens is 330 g/mol. The zero-order chi connectivity index (χ0) is 19.4. The zero-order valence-corrected chi connectivity index (χ0v) is 15.3. The molecule has 2 rings (SSSR count). The average Bonchev–Trinajstić information content (AvgIpc) is 2.58. The van der Waals surface area contributed by atoms with Crippen molar-refractivity contribution >= 4 is 5.78 Å². The standard InChI is InChI=1S/C20H21N3O3/c1-5-6-7-23-17(16(12(2)3)19(25)22-20(23)26)18(24)15-9-13(4)8-14(10-15)11-21/h5-6,8-10,12H,7H2,1-4H3,(H,22,25,26)/b6-5+. The normalized spacial score (nSPS) is 11.1. The van der Waals surface area contributed by atoms with Crippen LogP contribution in [0.25, 0.3) is 0 Å². The highest BCUT2D eigenvalue weighted by Gasteiger charge is 2.24. The summed E-state index contributed by atoms with van der Waals surface area (Å²) < 4.78 is 1.27. The number of aromatic amines is 1. The number of nitrogens with one attached hydrogen (secondary N) is 1. The number of hydrogen-bond donors (Lipinski definition) is 1. The fraction of sp³-hybridized carbons (Fsp3) is 0.300. The van der Waals surface area contributed by atoms with Gasteiger partial charge in [0.25, 0.3) is 5.56 Å². The number of carbonyl (C=O) groups is 1. The van der Waals surface area contributed by atoms with E-state index >= 15 is 0 Å². The van der Waals surface area contributed by atoms with Crippen LogP contribution >= 0.6 is 0 Å². The molecular formula is C20H21N3O3.